The zero-order valence-electron chi connectivity index (χ0n) is 9.54. The van der Waals surface area contributed by atoms with Crippen molar-refractivity contribution in [2.75, 3.05) is 46.3 Å². The van der Waals surface area contributed by atoms with E-state index in [1.54, 1.807) is 0 Å². The van der Waals surface area contributed by atoms with Crippen LogP contribution in [0.25, 0.3) is 0 Å². The van der Waals surface area contributed by atoms with Gasteiger partial charge in [0.05, 0.1) is 6.54 Å². The Labute approximate surface area is 91.6 Å². The Hall–Kier alpha value is -0.610. The number of rotatable bonds is 3. The number of nitrogens with one attached hydrogen (secondary N) is 1. The number of nitrogens with zero attached hydrogens (tertiary/aromatic N) is 2. The second kappa shape index (κ2) is 4.94. The molecule has 4 heteroatoms. The molecule has 1 N–H and O–H groups in total. The van der Waals surface area contributed by atoms with Crippen molar-refractivity contribution in [1.82, 2.24) is 15.1 Å². The van der Waals surface area contributed by atoms with Gasteiger partial charge in [-0.05, 0) is 38.9 Å². The largest absolute Gasteiger partial charge is 0.340 e. The first-order valence-electron chi connectivity index (χ1n) is 5.93. The molecule has 2 rings (SSSR count). The maximum Gasteiger partial charge on any atom is 0.236 e. The summed E-state index contributed by atoms with van der Waals surface area (Å²) in [5.41, 5.74) is 0. The molecule has 2 aliphatic rings. The van der Waals surface area contributed by atoms with E-state index in [0.717, 1.165) is 38.6 Å². The standard InChI is InChI=1S/C11H21N3O/c1-13-6-7-14(11(15)9-13)5-3-10-2-4-12-8-10/h10,12H,2-9H2,1H3. The van der Waals surface area contributed by atoms with Gasteiger partial charge in [-0.3, -0.25) is 9.69 Å². The fourth-order valence-corrected chi connectivity index (χ4v) is 2.36. The molecule has 2 heterocycles. The van der Waals surface area contributed by atoms with E-state index < -0.39 is 0 Å². The van der Waals surface area contributed by atoms with E-state index >= 15 is 0 Å². The van der Waals surface area contributed by atoms with Crippen molar-refractivity contribution >= 4 is 5.91 Å². The SMILES string of the molecule is CN1CCN(CCC2CCNC2)C(=O)C1. The van der Waals surface area contributed by atoms with E-state index in [4.69, 9.17) is 0 Å². The van der Waals surface area contributed by atoms with Gasteiger partial charge >= 0.3 is 0 Å². The van der Waals surface area contributed by atoms with Crippen molar-refractivity contribution in [3.63, 3.8) is 0 Å². The third-order valence-corrected chi connectivity index (χ3v) is 3.48. The number of piperazine rings is 1. The Bertz CT molecular complexity index is 226. The first-order chi connectivity index (χ1) is 7.25. The van der Waals surface area contributed by atoms with E-state index in [2.05, 4.69) is 10.2 Å². The summed E-state index contributed by atoms with van der Waals surface area (Å²) in [6.07, 6.45) is 2.45. The number of carbonyl (C=O) groups excluding carboxylic acids is 1. The molecule has 2 fully saturated rings. The summed E-state index contributed by atoms with van der Waals surface area (Å²) in [7, 11) is 2.01. The smallest absolute Gasteiger partial charge is 0.236 e. The molecule has 1 amide bonds. The normalized spacial score (nSPS) is 28.7. The number of amides is 1. The lowest BCUT2D eigenvalue weighted by Crippen LogP contribution is -2.49. The minimum absolute atomic E-state index is 0.301. The van der Waals surface area contributed by atoms with Gasteiger partial charge in [0.25, 0.3) is 0 Å². The summed E-state index contributed by atoms with van der Waals surface area (Å²) in [6, 6.07) is 0. The third kappa shape index (κ3) is 2.92. The first kappa shape index (κ1) is 10.9. The summed E-state index contributed by atoms with van der Waals surface area (Å²) in [5.74, 6) is 1.09. The highest BCUT2D eigenvalue weighted by Crippen LogP contribution is 2.13. The van der Waals surface area contributed by atoms with Gasteiger partial charge in [0.2, 0.25) is 5.91 Å². The zero-order chi connectivity index (χ0) is 10.7. The average Bonchev–Trinajstić information content (AvgIpc) is 2.69. The van der Waals surface area contributed by atoms with Crippen LogP contribution in [0.2, 0.25) is 0 Å². The Kier molecular flexibility index (Phi) is 3.59. The molecule has 2 aliphatic heterocycles. The fourth-order valence-electron chi connectivity index (χ4n) is 2.36. The predicted octanol–water partition coefficient (Wildman–Crippen LogP) is -0.240. The highest BCUT2D eigenvalue weighted by molar-refractivity contribution is 5.78. The molecule has 1 atom stereocenters. The Balaban J connectivity index is 1.71. The maximum absolute atomic E-state index is 11.7. The monoisotopic (exact) mass is 211 g/mol. The molecular weight excluding hydrogens is 190 g/mol. The number of hydrogen-bond acceptors (Lipinski definition) is 3. The molecule has 0 aromatic rings. The Morgan fingerprint density at radius 3 is 3.00 bits per heavy atom. The minimum Gasteiger partial charge on any atom is -0.340 e. The zero-order valence-corrected chi connectivity index (χ0v) is 9.54. The average molecular weight is 211 g/mol. The summed E-state index contributed by atoms with van der Waals surface area (Å²) < 4.78 is 0. The van der Waals surface area contributed by atoms with Crippen molar-refractivity contribution in [1.29, 1.82) is 0 Å². The lowest BCUT2D eigenvalue weighted by molar-refractivity contribution is -0.135. The van der Waals surface area contributed by atoms with Gasteiger partial charge in [-0.25, -0.2) is 0 Å². The molecule has 0 radical (unpaired) electrons. The minimum atomic E-state index is 0.301. The van der Waals surface area contributed by atoms with Crippen LogP contribution in [0.5, 0.6) is 0 Å². The van der Waals surface area contributed by atoms with Crippen LogP contribution in [0.1, 0.15) is 12.8 Å². The number of likely N-dealkylation sites (N-methyl/N-ethyl adjacent to an activating group) is 1. The lowest BCUT2D eigenvalue weighted by atomic mass is 10.0. The second-order valence-electron chi connectivity index (χ2n) is 4.77. The van der Waals surface area contributed by atoms with Crippen LogP contribution >= 0.6 is 0 Å². The fraction of sp³-hybridized carbons (Fsp3) is 0.909. The molecule has 1 unspecified atom stereocenters. The quantitative estimate of drug-likeness (QED) is 0.700. The van der Waals surface area contributed by atoms with Crippen LogP contribution in [0.15, 0.2) is 0 Å². The van der Waals surface area contributed by atoms with Gasteiger partial charge in [0.1, 0.15) is 0 Å². The van der Waals surface area contributed by atoms with Crippen molar-refractivity contribution in [2.45, 2.75) is 12.8 Å². The van der Waals surface area contributed by atoms with Gasteiger partial charge in [0.15, 0.2) is 0 Å². The molecule has 4 nitrogen and oxygen atoms in total. The highest BCUT2D eigenvalue weighted by atomic mass is 16.2. The first-order valence-corrected chi connectivity index (χ1v) is 5.93. The third-order valence-electron chi connectivity index (χ3n) is 3.48. The van der Waals surface area contributed by atoms with Crippen LogP contribution in [-0.4, -0.2) is 62.0 Å². The second-order valence-corrected chi connectivity index (χ2v) is 4.77. The van der Waals surface area contributed by atoms with Gasteiger partial charge in [-0.15, -0.1) is 0 Å². The molecule has 15 heavy (non-hydrogen) atoms. The van der Waals surface area contributed by atoms with E-state index in [0.29, 0.717) is 12.5 Å². The van der Waals surface area contributed by atoms with Gasteiger partial charge in [0, 0.05) is 19.6 Å². The Morgan fingerprint density at radius 2 is 2.33 bits per heavy atom. The molecule has 0 spiro atoms. The van der Waals surface area contributed by atoms with Crippen LogP contribution in [0.3, 0.4) is 0 Å². The van der Waals surface area contributed by atoms with E-state index in [9.17, 15) is 4.79 Å². The van der Waals surface area contributed by atoms with Crippen LogP contribution in [0.4, 0.5) is 0 Å². The van der Waals surface area contributed by atoms with Crippen molar-refractivity contribution in [3.05, 3.63) is 0 Å². The van der Waals surface area contributed by atoms with Crippen LogP contribution in [0, 0.1) is 5.92 Å². The molecule has 0 bridgehead atoms. The summed E-state index contributed by atoms with van der Waals surface area (Å²) in [5, 5.41) is 3.37. The predicted molar refractivity (Wildman–Crippen MR) is 59.7 cm³/mol. The molecule has 0 aromatic carbocycles. The molecule has 2 saturated heterocycles. The van der Waals surface area contributed by atoms with E-state index in [1.165, 1.54) is 12.8 Å². The number of carbonyl (C=O) groups is 1. The van der Waals surface area contributed by atoms with Crippen molar-refractivity contribution in [2.24, 2.45) is 5.92 Å². The van der Waals surface area contributed by atoms with Crippen molar-refractivity contribution < 1.29 is 4.79 Å². The molecule has 0 aromatic heterocycles. The molecule has 0 saturated carbocycles. The van der Waals surface area contributed by atoms with E-state index in [-0.39, 0.29) is 0 Å². The molecule has 86 valence electrons. The van der Waals surface area contributed by atoms with Crippen LogP contribution < -0.4 is 5.32 Å². The lowest BCUT2D eigenvalue weighted by Gasteiger charge is -2.32. The topological polar surface area (TPSA) is 35.6 Å². The van der Waals surface area contributed by atoms with Gasteiger partial charge < -0.3 is 10.2 Å². The maximum atomic E-state index is 11.7. The van der Waals surface area contributed by atoms with Gasteiger partial charge in [-0.1, -0.05) is 0 Å². The van der Waals surface area contributed by atoms with Gasteiger partial charge in [-0.2, -0.15) is 0 Å². The van der Waals surface area contributed by atoms with Crippen molar-refractivity contribution in [3.8, 4) is 0 Å². The summed E-state index contributed by atoms with van der Waals surface area (Å²) in [6.45, 7) is 5.79. The number of hydrogen-bond donors (Lipinski definition) is 1. The Morgan fingerprint density at radius 1 is 1.47 bits per heavy atom. The molecular formula is C11H21N3O. The highest BCUT2D eigenvalue weighted by Gasteiger charge is 2.22. The van der Waals surface area contributed by atoms with E-state index in [1.807, 2.05) is 11.9 Å². The summed E-state index contributed by atoms with van der Waals surface area (Å²) >= 11 is 0. The van der Waals surface area contributed by atoms with Crippen LogP contribution in [-0.2, 0) is 4.79 Å². The molecule has 0 aliphatic carbocycles. The summed E-state index contributed by atoms with van der Waals surface area (Å²) in [4.78, 5) is 15.8.